The maximum atomic E-state index is 9.20. The second-order valence-electron chi connectivity index (χ2n) is 2.31. The fraction of sp³-hybridized carbons (Fsp3) is 0.667. The van der Waals surface area contributed by atoms with Gasteiger partial charge in [-0.15, -0.1) is 0 Å². The Morgan fingerprint density at radius 2 is 2.45 bits per heavy atom. The minimum absolute atomic E-state index is 0.559. The number of hydrogen-bond acceptors (Lipinski definition) is 3. The molecule has 0 fully saturated rings. The lowest BCUT2D eigenvalue weighted by Crippen LogP contribution is -2.04. The molecule has 0 radical (unpaired) electrons. The van der Waals surface area contributed by atoms with Crippen LogP contribution in [0, 0.1) is 4.77 Å². The van der Waals surface area contributed by atoms with Crippen LogP contribution in [0.5, 0.6) is 0 Å². The fourth-order valence-electron chi connectivity index (χ4n) is 0.954. The summed E-state index contributed by atoms with van der Waals surface area (Å²) in [6, 6.07) is 0. The lowest BCUT2D eigenvalue weighted by molar-refractivity contribution is 0.183. The lowest BCUT2D eigenvalue weighted by atomic mass is 10.4. The first kappa shape index (κ1) is 8.42. The molecule has 62 valence electrons. The first-order chi connectivity index (χ1) is 5.16. The third-order valence-electron chi connectivity index (χ3n) is 1.48. The van der Waals surface area contributed by atoms with E-state index in [1.54, 1.807) is 11.5 Å². The van der Waals surface area contributed by atoms with Gasteiger partial charge in [-0.05, 0) is 26.1 Å². The summed E-state index contributed by atoms with van der Waals surface area (Å²) in [6.45, 7) is 4.35. The van der Waals surface area contributed by atoms with Gasteiger partial charge in [0.1, 0.15) is 6.10 Å². The number of aliphatic hydroxyl groups is 1. The highest BCUT2D eigenvalue weighted by Gasteiger charge is 2.08. The summed E-state index contributed by atoms with van der Waals surface area (Å²) in [5, 5.41) is 15.7. The Morgan fingerprint density at radius 1 is 1.82 bits per heavy atom. The molecule has 0 bridgehead atoms. The van der Waals surface area contributed by atoms with Gasteiger partial charge in [-0.2, -0.15) is 5.10 Å². The van der Waals surface area contributed by atoms with Crippen LogP contribution in [0.15, 0.2) is 0 Å². The average molecular weight is 173 g/mol. The lowest BCUT2D eigenvalue weighted by Gasteiger charge is -2.04. The van der Waals surface area contributed by atoms with Crippen molar-refractivity contribution >= 4 is 12.2 Å². The van der Waals surface area contributed by atoms with Crippen molar-refractivity contribution < 1.29 is 5.11 Å². The zero-order valence-electron chi connectivity index (χ0n) is 6.53. The van der Waals surface area contributed by atoms with E-state index in [2.05, 4.69) is 10.2 Å². The number of nitrogens with zero attached hydrogens (tertiary/aromatic N) is 2. The third kappa shape index (κ3) is 1.49. The topological polar surface area (TPSA) is 53.8 Å². The molecule has 0 aliphatic rings. The van der Waals surface area contributed by atoms with Gasteiger partial charge in [0, 0.05) is 6.54 Å². The molecule has 0 spiro atoms. The number of aliphatic hydroxyl groups excluding tert-OH is 1. The van der Waals surface area contributed by atoms with E-state index in [9.17, 15) is 5.11 Å². The van der Waals surface area contributed by atoms with Crippen molar-refractivity contribution in [3.63, 3.8) is 0 Å². The number of aromatic amines is 1. The summed E-state index contributed by atoms with van der Waals surface area (Å²) in [5.74, 6) is 0.595. The van der Waals surface area contributed by atoms with Gasteiger partial charge in [0.2, 0.25) is 0 Å². The molecule has 0 aromatic carbocycles. The normalized spacial score (nSPS) is 13.4. The predicted octanol–water partition coefficient (Wildman–Crippen LogP) is 1.01. The first-order valence-electron chi connectivity index (χ1n) is 3.50. The van der Waals surface area contributed by atoms with Crippen molar-refractivity contribution in [2.75, 3.05) is 0 Å². The van der Waals surface area contributed by atoms with Crippen LogP contribution in [0.25, 0.3) is 0 Å². The zero-order valence-corrected chi connectivity index (χ0v) is 7.35. The molecule has 0 saturated carbocycles. The smallest absolute Gasteiger partial charge is 0.195 e. The minimum atomic E-state index is -0.567. The summed E-state index contributed by atoms with van der Waals surface area (Å²) in [5.41, 5.74) is 0. The van der Waals surface area contributed by atoms with Crippen molar-refractivity contribution in [1.82, 2.24) is 14.8 Å². The van der Waals surface area contributed by atoms with Crippen molar-refractivity contribution in [2.45, 2.75) is 26.5 Å². The second kappa shape index (κ2) is 3.15. The molecular weight excluding hydrogens is 162 g/mol. The summed E-state index contributed by atoms with van der Waals surface area (Å²) in [6.07, 6.45) is -0.567. The Bertz CT molecular complexity index is 288. The maximum absolute atomic E-state index is 9.20. The number of H-pyrrole nitrogens is 1. The SMILES string of the molecule is CCn1c(C(C)O)n[nH]c1=S. The molecule has 4 nitrogen and oxygen atoms in total. The molecule has 2 N–H and O–H groups in total. The summed E-state index contributed by atoms with van der Waals surface area (Å²) < 4.78 is 2.32. The second-order valence-corrected chi connectivity index (χ2v) is 2.69. The molecule has 5 heteroatoms. The van der Waals surface area contributed by atoms with Gasteiger partial charge in [-0.1, -0.05) is 0 Å². The van der Waals surface area contributed by atoms with Gasteiger partial charge in [0.25, 0.3) is 0 Å². The number of aromatic nitrogens is 3. The molecular formula is C6H11N3OS. The Kier molecular flexibility index (Phi) is 2.41. The molecule has 0 aliphatic carbocycles. The molecule has 1 atom stereocenters. The molecule has 1 aromatic rings. The van der Waals surface area contributed by atoms with Crippen LogP contribution >= 0.6 is 12.2 Å². The molecule has 0 aliphatic heterocycles. The van der Waals surface area contributed by atoms with E-state index in [4.69, 9.17) is 12.2 Å². The molecule has 1 heterocycles. The molecule has 0 amide bonds. The van der Waals surface area contributed by atoms with Gasteiger partial charge in [0.15, 0.2) is 10.6 Å². The summed E-state index contributed by atoms with van der Waals surface area (Å²) in [7, 11) is 0. The number of hydrogen-bond donors (Lipinski definition) is 2. The minimum Gasteiger partial charge on any atom is -0.385 e. The van der Waals surface area contributed by atoms with Crippen molar-refractivity contribution in [3.8, 4) is 0 Å². The Labute approximate surface area is 69.9 Å². The maximum Gasteiger partial charge on any atom is 0.195 e. The van der Waals surface area contributed by atoms with E-state index in [1.165, 1.54) is 0 Å². The predicted molar refractivity (Wildman–Crippen MR) is 43.7 cm³/mol. The van der Waals surface area contributed by atoms with E-state index in [1.807, 2.05) is 6.92 Å². The number of nitrogens with one attached hydrogen (secondary N) is 1. The monoisotopic (exact) mass is 173 g/mol. The Balaban J connectivity index is 3.16. The molecule has 1 aromatic heterocycles. The van der Waals surface area contributed by atoms with Crippen LogP contribution in [-0.4, -0.2) is 19.9 Å². The van der Waals surface area contributed by atoms with Crippen LogP contribution < -0.4 is 0 Å². The van der Waals surface area contributed by atoms with Gasteiger partial charge >= 0.3 is 0 Å². The van der Waals surface area contributed by atoms with Crippen molar-refractivity contribution in [1.29, 1.82) is 0 Å². The fourth-order valence-corrected chi connectivity index (χ4v) is 1.22. The molecule has 11 heavy (non-hydrogen) atoms. The van der Waals surface area contributed by atoms with Gasteiger partial charge in [-0.3, -0.25) is 5.10 Å². The van der Waals surface area contributed by atoms with E-state index < -0.39 is 6.10 Å². The van der Waals surface area contributed by atoms with E-state index in [0.29, 0.717) is 10.6 Å². The summed E-state index contributed by atoms with van der Waals surface area (Å²) in [4.78, 5) is 0. The van der Waals surface area contributed by atoms with E-state index >= 15 is 0 Å². The van der Waals surface area contributed by atoms with Crippen LogP contribution in [0.2, 0.25) is 0 Å². The number of rotatable bonds is 2. The van der Waals surface area contributed by atoms with Crippen molar-refractivity contribution in [3.05, 3.63) is 10.6 Å². The highest BCUT2D eigenvalue weighted by molar-refractivity contribution is 7.71. The Morgan fingerprint density at radius 3 is 2.82 bits per heavy atom. The largest absolute Gasteiger partial charge is 0.385 e. The van der Waals surface area contributed by atoms with Crippen LogP contribution in [0.1, 0.15) is 25.8 Å². The highest BCUT2D eigenvalue weighted by Crippen LogP contribution is 2.08. The quantitative estimate of drug-likeness (QED) is 0.656. The highest BCUT2D eigenvalue weighted by atomic mass is 32.1. The van der Waals surface area contributed by atoms with Gasteiger partial charge in [0.05, 0.1) is 0 Å². The van der Waals surface area contributed by atoms with E-state index in [0.717, 1.165) is 6.54 Å². The standard InChI is InChI=1S/C6H11N3OS/c1-3-9-5(4(2)10)7-8-6(9)11/h4,10H,3H2,1-2H3,(H,8,11). The van der Waals surface area contributed by atoms with Crippen LogP contribution in [0.3, 0.4) is 0 Å². The molecule has 1 rings (SSSR count). The first-order valence-corrected chi connectivity index (χ1v) is 3.90. The average Bonchev–Trinajstić information content (AvgIpc) is 2.30. The summed E-state index contributed by atoms with van der Waals surface area (Å²) >= 11 is 4.93. The zero-order chi connectivity index (χ0) is 8.43. The molecule has 1 unspecified atom stereocenters. The third-order valence-corrected chi connectivity index (χ3v) is 1.79. The Hall–Kier alpha value is -0.680. The van der Waals surface area contributed by atoms with E-state index in [-0.39, 0.29) is 0 Å². The van der Waals surface area contributed by atoms with Crippen LogP contribution in [-0.2, 0) is 6.54 Å². The van der Waals surface area contributed by atoms with Gasteiger partial charge in [-0.25, -0.2) is 0 Å². The molecule has 0 saturated heterocycles. The van der Waals surface area contributed by atoms with Crippen LogP contribution in [0.4, 0.5) is 0 Å². The van der Waals surface area contributed by atoms with Gasteiger partial charge < -0.3 is 9.67 Å². The van der Waals surface area contributed by atoms with Crippen molar-refractivity contribution in [2.24, 2.45) is 0 Å².